The molecule has 1 unspecified atom stereocenters. The molecule has 6 nitrogen and oxygen atoms in total. The molecule has 1 aliphatic carbocycles. The van der Waals surface area contributed by atoms with E-state index in [1.807, 2.05) is 85.7 Å². The minimum Gasteiger partial charge on any atom is -0.362 e. The summed E-state index contributed by atoms with van der Waals surface area (Å²) in [6.07, 6.45) is 4.20. The lowest BCUT2D eigenvalue weighted by Gasteiger charge is -2.30. The molecule has 1 aromatic heterocycles. The molecule has 7 heteroatoms. The zero-order valence-corrected chi connectivity index (χ0v) is 22.8. The molecule has 2 N–H and O–H groups in total. The van der Waals surface area contributed by atoms with Crippen molar-refractivity contribution in [3.05, 3.63) is 90.5 Å². The molecule has 1 amide bonds. The fraction of sp³-hybridized carbons (Fsp3) is 0.323. The number of anilines is 2. The Bertz CT molecular complexity index is 1340. The number of amides is 1. The van der Waals surface area contributed by atoms with Gasteiger partial charge in [-0.1, -0.05) is 60.7 Å². The Morgan fingerprint density at radius 2 is 1.55 bits per heavy atom. The molecule has 0 saturated heterocycles. The van der Waals surface area contributed by atoms with Crippen molar-refractivity contribution in [1.29, 1.82) is 0 Å². The highest BCUT2D eigenvalue weighted by Gasteiger charge is 2.26. The number of thioether (sulfide) groups is 1. The van der Waals surface area contributed by atoms with Gasteiger partial charge in [0.1, 0.15) is 11.1 Å². The number of nitrogens with zero attached hydrogens (tertiary/aromatic N) is 3. The van der Waals surface area contributed by atoms with Crippen LogP contribution in [-0.4, -0.2) is 42.6 Å². The first-order valence-corrected chi connectivity index (χ1v) is 14.2. The topological polar surface area (TPSA) is 70.2 Å². The maximum Gasteiger partial charge on any atom is 0.238 e. The number of aromatic nitrogens is 2. The normalized spacial score (nSPS) is 18.1. The number of fused-ring (bicyclic) bond motifs is 1. The van der Waals surface area contributed by atoms with E-state index < -0.39 is 0 Å². The molecule has 3 aromatic carbocycles. The van der Waals surface area contributed by atoms with Crippen LogP contribution in [0.4, 0.5) is 11.8 Å². The van der Waals surface area contributed by atoms with Crippen molar-refractivity contribution in [1.82, 2.24) is 15.3 Å². The highest BCUT2D eigenvalue weighted by molar-refractivity contribution is 8.00. The van der Waals surface area contributed by atoms with Crippen LogP contribution in [0.2, 0.25) is 0 Å². The van der Waals surface area contributed by atoms with Crippen LogP contribution in [0.15, 0.2) is 89.8 Å². The lowest BCUT2D eigenvalue weighted by atomic mass is 9.86. The molecule has 196 valence electrons. The molecule has 1 fully saturated rings. The van der Waals surface area contributed by atoms with Gasteiger partial charge in [0.05, 0.1) is 5.52 Å². The Hall–Kier alpha value is -3.58. The van der Waals surface area contributed by atoms with Gasteiger partial charge in [-0.2, -0.15) is 4.98 Å². The minimum absolute atomic E-state index is 0.0751. The second-order valence-corrected chi connectivity index (χ2v) is 11.3. The lowest BCUT2D eigenvalue weighted by molar-refractivity contribution is -0.120. The van der Waals surface area contributed by atoms with Crippen molar-refractivity contribution in [2.75, 3.05) is 30.9 Å². The number of rotatable bonds is 9. The number of nitrogens with one attached hydrogen (secondary N) is 2. The predicted octanol–water partition coefficient (Wildman–Crippen LogP) is 6.32. The highest BCUT2D eigenvalue weighted by atomic mass is 32.2. The summed E-state index contributed by atoms with van der Waals surface area (Å²) in [6, 6.07) is 28.7. The Kier molecular flexibility index (Phi) is 8.44. The van der Waals surface area contributed by atoms with Crippen molar-refractivity contribution >= 4 is 40.3 Å². The van der Waals surface area contributed by atoms with Crippen molar-refractivity contribution in [2.45, 2.75) is 41.9 Å². The summed E-state index contributed by atoms with van der Waals surface area (Å²) < 4.78 is 0. The van der Waals surface area contributed by atoms with Gasteiger partial charge in [0.2, 0.25) is 11.9 Å². The third-order valence-corrected chi connectivity index (χ3v) is 8.36. The summed E-state index contributed by atoms with van der Waals surface area (Å²) in [6.45, 7) is 0.710. The largest absolute Gasteiger partial charge is 0.362 e. The Labute approximate surface area is 229 Å². The summed E-state index contributed by atoms with van der Waals surface area (Å²) in [4.78, 5) is 26.0. The van der Waals surface area contributed by atoms with Crippen LogP contribution < -0.4 is 15.5 Å². The van der Waals surface area contributed by atoms with Crippen molar-refractivity contribution in [3.8, 4) is 0 Å². The van der Waals surface area contributed by atoms with Gasteiger partial charge < -0.3 is 15.5 Å². The van der Waals surface area contributed by atoms with E-state index in [0.717, 1.165) is 52.9 Å². The number of hydrogen-bond donors (Lipinski definition) is 2. The van der Waals surface area contributed by atoms with Crippen LogP contribution in [0, 0.1) is 5.92 Å². The molecule has 1 atom stereocenters. The lowest BCUT2D eigenvalue weighted by Crippen LogP contribution is -2.36. The monoisotopic (exact) mass is 525 g/mol. The van der Waals surface area contributed by atoms with E-state index in [9.17, 15) is 4.79 Å². The molecule has 0 spiro atoms. The number of hydrogen-bond acceptors (Lipinski definition) is 6. The van der Waals surface area contributed by atoms with E-state index in [0.29, 0.717) is 24.5 Å². The van der Waals surface area contributed by atoms with E-state index in [1.54, 1.807) is 11.8 Å². The van der Waals surface area contributed by atoms with Crippen molar-refractivity contribution in [2.24, 2.45) is 5.92 Å². The van der Waals surface area contributed by atoms with Crippen LogP contribution in [0.5, 0.6) is 0 Å². The van der Waals surface area contributed by atoms with Crippen LogP contribution in [0.3, 0.4) is 0 Å². The summed E-state index contributed by atoms with van der Waals surface area (Å²) >= 11 is 1.60. The number of benzene rings is 3. The second-order valence-electron chi connectivity index (χ2n) is 10.1. The molecule has 5 rings (SSSR count). The maximum absolute atomic E-state index is 13.3. The number of para-hydroxylation sites is 1. The summed E-state index contributed by atoms with van der Waals surface area (Å²) in [5, 5.41) is 7.63. The molecule has 1 aliphatic rings. The van der Waals surface area contributed by atoms with Gasteiger partial charge in [0.25, 0.3) is 0 Å². The Morgan fingerprint density at radius 3 is 2.26 bits per heavy atom. The van der Waals surface area contributed by atoms with Gasteiger partial charge in [-0.15, -0.1) is 11.8 Å². The zero-order valence-electron chi connectivity index (χ0n) is 22.0. The second kappa shape index (κ2) is 12.3. The van der Waals surface area contributed by atoms with Crippen LogP contribution in [0.1, 0.15) is 36.5 Å². The van der Waals surface area contributed by atoms with Crippen molar-refractivity contribution < 1.29 is 4.79 Å². The quantitative estimate of drug-likeness (QED) is 0.249. The first-order chi connectivity index (χ1) is 18.6. The van der Waals surface area contributed by atoms with Gasteiger partial charge in [0.15, 0.2) is 0 Å². The average Bonchev–Trinajstić information content (AvgIpc) is 2.96. The third kappa shape index (κ3) is 6.45. The van der Waals surface area contributed by atoms with E-state index in [4.69, 9.17) is 9.97 Å². The van der Waals surface area contributed by atoms with Crippen LogP contribution in [-0.2, 0) is 4.79 Å². The molecule has 0 aliphatic heterocycles. The van der Waals surface area contributed by atoms with Gasteiger partial charge in [0, 0.05) is 37.0 Å². The molecule has 1 heterocycles. The third-order valence-electron chi connectivity index (χ3n) is 7.09. The van der Waals surface area contributed by atoms with Gasteiger partial charge in [-0.25, -0.2) is 4.98 Å². The van der Waals surface area contributed by atoms with Gasteiger partial charge >= 0.3 is 0 Å². The fourth-order valence-corrected chi connectivity index (χ4v) is 6.10. The average molecular weight is 526 g/mol. The standard InChI is InChI=1S/C31H35N5OS/c1-36(2)29-26-15-9-10-16-27(26)34-31(35-29)33-24-19-17-22(18-20-24)21-32-30(37)28(23-11-5-3-6-12-23)38-25-13-7-4-8-14-25/h3-16,22,24,28H,17-21H2,1-2H3,(H,32,37)(H,33,34,35)/t22-,24+,28?. The first-order valence-electron chi connectivity index (χ1n) is 13.3. The van der Waals surface area contributed by atoms with Gasteiger partial charge in [-0.05, 0) is 61.4 Å². The van der Waals surface area contributed by atoms with Crippen LogP contribution in [0.25, 0.3) is 10.9 Å². The Morgan fingerprint density at radius 1 is 0.895 bits per heavy atom. The fourth-order valence-electron chi connectivity index (χ4n) is 5.03. The zero-order chi connectivity index (χ0) is 26.3. The molecular weight excluding hydrogens is 490 g/mol. The number of carbonyl (C=O) groups excluding carboxylic acids is 1. The van der Waals surface area contributed by atoms with Crippen molar-refractivity contribution in [3.63, 3.8) is 0 Å². The smallest absolute Gasteiger partial charge is 0.238 e. The van der Waals surface area contributed by atoms with E-state index >= 15 is 0 Å². The van der Waals surface area contributed by atoms with E-state index in [1.165, 1.54) is 0 Å². The molecule has 0 bridgehead atoms. The summed E-state index contributed by atoms with van der Waals surface area (Å²) in [5.41, 5.74) is 1.98. The summed E-state index contributed by atoms with van der Waals surface area (Å²) in [5.74, 6) is 2.17. The molecule has 4 aromatic rings. The predicted molar refractivity (Wildman–Crippen MR) is 158 cm³/mol. The van der Waals surface area contributed by atoms with Gasteiger partial charge in [-0.3, -0.25) is 4.79 Å². The summed E-state index contributed by atoms with van der Waals surface area (Å²) in [7, 11) is 4.03. The van der Waals surface area contributed by atoms with E-state index in [2.05, 4.69) is 28.8 Å². The minimum atomic E-state index is -0.271. The molecule has 38 heavy (non-hydrogen) atoms. The molecular formula is C31H35N5OS. The van der Waals surface area contributed by atoms with Crippen LogP contribution >= 0.6 is 11.8 Å². The highest BCUT2D eigenvalue weighted by Crippen LogP contribution is 2.35. The van der Waals surface area contributed by atoms with E-state index in [-0.39, 0.29) is 11.2 Å². The number of carbonyl (C=O) groups is 1. The Balaban J connectivity index is 1.16. The maximum atomic E-state index is 13.3. The first kappa shape index (κ1) is 26.0. The SMILES string of the molecule is CN(C)c1nc(N[C@H]2CC[C@@H](CNC(=O)C(Sc3ccccc3)c3ccccc3)CC2)nc2ccccc12. The molecule has 1 saturated carbocycles. The molecule has 0 radical (unpaired) electrons.